The summed E-state index contributed by atoms with van der Waals surface area (Å²) in [4.78, 5) is 23.2. The fourth-order valence-corrected chi connectivity index (χ4v) is 5.47. The third-order valence-electron chi connectivity index (χ3n) is 7.60. The van der Waals surface area contributed by atoms with E-state index in [9.17, 15) is 4.79 Å². The zero-order valence-electron chi connectivity index (χ0n) is 23.2. The number of para-hydroxylation sites is 1. The van der Waals surface area contributed by atoms with E-state index >= 15 is 0 Å². The van der Waals surface area contributed by atoms with Crippen molar-refractivity contribution in [2.75, 3.05) is 0 Å². The maximum Gasteiger partial charge on any atom is 0.333 e. The minimum Gasteiger partial charge on any atom is -0.292 e. The standard InChI is InChI=1S/C37H28N4O/c1-2-40-34-23-22-30(24-35(34)41(37(40)42)31-16-10-5-11-17-31)26-18-20-28(21-19-26)33-25-32(27-12-6-3-7-13-27)38-36(39-33)29-14-8-4-9-15-29/h3-25H,2H2,1H3. The Morgan fingerprint density at radius 2 is 1.05 bits per heavy atom. The van der Waals surface area contributed by atoms with Crippen molar-refractivity contribution in [3.8, 4) is 50.7 Å². The fraction of sp³-hybridized carbons (Fsp3) is 0.0541. The first-order chi connectivity index (χ1) is 20.7. The van der Waals surface area contributed by atoms with Crippen molar-refractivity contribution < 1.29 is 0 Å². The minimum absolute atomic E-state index is 0.0293. The molecule has 0 saturated carbocycles. The molecule has 0 atom stereocenters. The second-order valence-corrected chi connectivity index (χ2v) is 10.2. The van der Waals surface area contributed by atoms with E-state index in [0.717, 1.165) is 55.9 Å². The molecular formula is C37H28N4O. The van der Waals surface area contributed by atoms with Crippen LogP contribution in [0.3, 0.4) is 0 Å². The van der Waals surface area contributed by atoms with Crippen molar-refractivity contribution >= 4 is 11.0 Å². The summed E-state index contributed by atoms with van der Waals surface area (Å²) in [6, 6.07) is 46.8. The largest absolute Gasteiger partial charge is 0.333 e. The highest BCUT2D eigenvalue weighted by Gasteiger charge is 2.15. The molecule has 5 nitrogen and oxygen atoms in total. The maximum absolute atomic E-state index is 13.3. The number of fused-ring (bicyclic) bond motifs is 1. The molecule has 7 aromatic rings. The second-order valence-electron chi connectivity index (χ2n) is 10.2. The van der Waals surface area contributed by atoms with Gasteiger partial charge in [-0.2, -0.15) is 0 Å². The molecule has 0 bridgehead atoms. The Morgan fingerprint density at radius 3 is 1.67 bits per heavy atom. The summed E-state index contributed by atoms with van der Waals surface area (Å²) >= 11 is 0. The molecule has 0 aliphatic carbocycles. The molecule has 5 heteroatoms. The third-order valence-corrected chi connectivity index (χ3v) is 7.60. The molecule has 5 aromatic carbocycles. The Labute approximate surface area is 244 Å². The summed E-state index contributed by atoms with van der Waals surface area (Å²) in [6.45, 7) is 2.61. The van der Waals surface area contributed by atoms with E-state index in [4.69, 9.17) is 9.97 Å². The highest BCUT2D eigenvalue weighted by molar-refractivity contribution is 5.85. The summed E-state index contributed by atoms with van der Waals surface area (Å²) in [5, 5.41) is 0. The van der Waals surface area contributed by atoms with Crippen LogP contribution in [0, 0.1) is 0 Å². The quantitative estimate of drug-likeness (QED) is 0.212. The molecule has 2 aromatic heterocycles. The van der Waals surface area contributed by atoms with Gasteiger partial charge in [-0.25, -0.2) is 14.8 Å². The van der Waals surface area contributed by atoms with Crippen molar-refractivity contribution in [2.45, 2.75) is 13.5 Å². The van der Waals surface area contributed by atoms with Gasteiger partial charge in [-0.1, -0.05) is 109 Å². The molecule has 0 aliphatic rings. The number of aromatic nitrogens is 4. The van der Waals surface area contributed by atoms with Crippen LogP contribution in [0.15, 0.2) is 144 Å². The van der Waals surface area contributed by atoms with Crippen molar-refractivity contribution in [3.63, 3.8) is 0 Å². The van der Waals surface area contributed by atoms with Gasteiger partial charge in [0, 0.05) is 23.2 Å². The molecule has 0 aliphatic heterocycles. The third kappa shape index (κ3) is 4.61. The van der Waals surface area contributed by atoms with E-state index in [2.05, 4.69) is 54.6 Å². The van der Waals surface area contributed by atoms with Crippen molar-refractivity contribution in [1.82, 2.24) is 19.1 Å². The van der Waals surface area contributed by atoms with E-state index in [1.807, 2.05) is 96.4 Å². The van der Waals surface area contributed by atoms with Crippen molar-refractivity contribution in [2.24, 2.45) is 0 Å². The number of hydrogen-bond acceptors (Lipinski definition) is 3. The van der Waals surface area contributed by atoms with Gasteiger partial charge in [0.15, 0.2) is 5.82 Å². The predicted octanol–water partition coefficient (Wildman–Crippen LogP) is 8.27. The Hall–Kier alpha value is -5.55. The molecule has 0 unspecified atom stereocenters. The predicted molar refractivity (Wildman–Crippen MR) is 171 cm³/mol. The molecule has 0 fully saturated rings. The van der Waals surface area contributed by atoms with Gasteiger partial charge in [0.25, 0.3) is 0 Å². The van der Waals surface area contributed by atoms with Gasteiger partial charge in [0.05, 0.1) is 28.1 Å². The zero-order chi connectivity index (χ0) is 28.5. The van der Waals surface area contributed by atoms with E-state index in [0.29, 0.717) is 12.4 Å². The normalized spacial score (nSPS) is 11.2. The van der Waals surface area contributed by atoms with Crippen LogP contribution in [-0.4, -0.2) is 19.1 Å². The zero-order valence-corrected chi connectivity index (χ0v) is 23.2. The van der Waals surface area contributed by atoms with E-state index < -0.39 is 0 Å². The Morgan fingerprint density at radius 1 is 0.524 bits per heavy atom. The number of hydrogen-bond donors (Lipinski definition) is 0. The number of nitrogens with zero attached hydrogens (tertiary/aromatic N) is 4. The van der Waals surface area contributed by atoms with Gasteiger partial charge in [0.1, 0.15) is 0 Å². The average Bonchev–Trinajstić information content (AvgIpc) is 3.35. The summed E-state index contributed by atoms with van der Waals surface area (Å²) in [5.74, 6) is 0.695. The molecule has 0 spiro atoms. The molecule has 2 heterocycles. The second kappa shape index (κ2) is 10.8. The molecular weight excluding hydrogens is 516 g/mol. The lowest BCUT2D eigenvalue weighted by molar-refractivity contribution is 0.734. The van der Waals surface area contributed by atoms with Crippen LogP contribution in [0.1, 0.15) is 6.92 Å². The van der Waals surface area contributed by atoms with E-state index in [-0.39, 0.29) is 5.69 Å². The van der Waals surface area contributed by atoms with Gasteiger partial charge in [0.2, 0.25) is 0 Å². The van der Waals surface area contributed by atoms with Gasteiger partial charge in [-0.05, 0) is 48.4 Å². The SMILES string of the molecule is CCn1c(=O)n(-c2ccccc2)c2cc(-c3ccc(-c4cc(-c5ccccc5)nc(-c5ccccc5)n4)cc3)ccc21. The Balaban J connectivity index is 1.31. The van der Waals surface area contributed by atoms with Crippen molar-refractivity contribution in [3.05, 3.63) is 150 Å². The lowest BCUT2D eigenvalue weighted by Crippen LogP contribution is -2.22. The number of aryl methyl sites for hydroxylation is 1. The summed E-state index contributed by atoms with van der Waals surface area (Å²) in [5.41, 5.74) is 9.54. The molecule has 0 N–H and O–H groups in total. The molecule has 0 saturated heterocycles. The van der Waals surface area contributed by atoms with Crippen LogP contribution < -0.4 is 5.69 Å². The van der Waals surface area contributed by atoms with Gasteiger partial charge >= 0.3 is 5.69 Å². The van der Waals surface area contributed by atoms with Crippen molar-refractivity contribution in [1.29, 1.82) is 0 Å². The van der Waals surface area contributed by atoms with Crippen LogP contribution in [-0.2, 0) is 6.54 Å². The van der Waals surface area contributed by atoms with Crippen LogP contribution in [0.4, 0.5) is 0 Å². The van der Waals surface area contributed by atoms with Gasteiger partial charge in [-0.15, -0.1) is 0 Å². The first-order valence-electron chi connectivity index (χ1n) is 14.1. The number of rotatable bonds is 6. The van der Waals surface area contributed by atoms with Crippen LogP contribution in [0.2, 0.25) is 0 Å². The number of benzene rings is 5. The molecule has 7 rings (SSSR count). The molecule has 0 radical (unpaired) electrons. The van der Waals surface area contributed by atoms with Crippen LogP contribution in [0.25, 0.3) is 61.8 Å². The fourth-order valence-electron chi connectivity index (χ4n) is 5.47. The van der Waals surface area contributed by atoms with Crippen LogP contribution >= 0.6 is 0 Å². The van der Waals surface area contributed by atoms with Crippen LogP contribution in [0.5, 0.6) is 0 Å². The smallest absolute Gasteiger partial charge is 0.292 e. The Kier molecular flexibility index (Phi) is 6.53. The molecule has 0 amide bonds. The highest BCUT2D eigenvalue weighted by atomic mass is 16.1. The monoisotopic (exact) mass is 544 g/mol. The summed E-state index contributed by atoms with van der Waals surface area (Å²) in [7, 11) is 0. The summed E-state index contributed by atoms with van der Waals surface area (Å²) < 4.78 is 3.62. The lowest BCUT2D eigenvalue weighted by Gasteiger charge is -2.10. The first-order valence-corrected chi connectivity index (χ1v) is 14.1. The molecule has 42 heavy (non-hydrogen) atoms. The highest BCUT2D eigenvalue weighted by Crippen LogP contribution is 2.30. The minimum atomic E-state index is -0.0293. The van der Waals surface area contributed by atoms with Gasteiger partial charge < -0.3 is 0 Å². The van der Waals surface area contributed by atoms with E-state index in [1.165, 1.54) is 0 Å². The topological polar surface area (TPSA) is 52.7 Å². The number of imidazole rings is 1. The van der Waals surface area contributed by atoms with Gasteiger partial charge in [-0.3, -0.25) is 9.13 Å². The summed E-state index contributed by atoms with van der Waals surface area (Å²) in [6.07, 6.45) is 0. The first kappa shape index (κ1) is 25.4. The van der Waals surface area contributed by atoms with E-state index in [1.54, 1.807) is 4.57 Å². The molecule has 202 valence electrons. The lowest BCUT2D eigenvalue weighted by atomic mass is 10.0. The maximum atomic E-state index is 13.3. The average molecular weight is 545 g/mol. The Bertz CT molecular complexity index is 2000.